The standard InChI is InChI=1S/C22H27ClO10/c1-10-13-15(32-20(27)21(3,28)9-23)14(30-11(2)24)12(19(26)29-5)7-6-8-22(4)17(33-22)16(13)31-18(10)25/h7,13-17,28H,1,6,8-9H2,2-5H3/b12-7+/t13-,14+,15-,16+,17-,21-,22-/m1/s1. The van der Waals surface area contributed by atoms with Gasteiger partial charge in [-0.05, 0) is 26.7 Å². The molecule has 2 fully saturated rings. The van der Waals surface area contributed by atoms with Gasteiger partial charge in [0, 0.05) is 12.5 Å². The molecule has 0 spiro atoms. The third kappa shape index (κ3) is 4.78. The van der Waals surface area contributed by atoms with Crippen molar-refractivity contribution in [2.24, 2.45) is 5.92 Å². The molecule has 0 bridgehead atoms. The van der Waals surface area contributed by atoms with Crippen molar-refractivity contribution in [1.29, 1.82) is 0 Å². The molecule has 0 saturated carbocycles. The molecule has 33 heavy (non-hydrogen) atoms. The summed E-state index contributed by atoms with van der Waals surface area (Å²) in [5.41, 5.74) is -2.90. The van der Waals surface area contributed by atoms with Crippen molar-refractivity contribution in [1.82, 2.24) is 0 Å². The minimum absolute atomic E-state index is 0.0527. The fraction of sp³-hybridized carbons (Fsp3) is 0.636. The molecular weight excluding hydrogens is 460 g/mol. The number of epoxide rings is 1. The lowest BCUT2D eigenvalue weighted by molar-refractivity contribution is -0.183. The summed E-state index contributed by atoms with van der Waals surface area (Å²) in [5, 5.41) is 10.3. The third-order valence-corrected chi connectivity index (χ3v) is 6.64. The van der Waals surface area contributed by atoms with E-state index in [0.717, 1.165) is 21.0 Å². The molecule has 0 unspecified atom stereocenters. The zero-order chi connectivity index (χ0) is 24.7. The van der Waals surface area contributed by atoms with Crippen molar-refractivity contribution < 1.29 is 48.0 Å². The molecule has 0 aromatic rings. The van der Waals surface area contributed by atoms with E-state index in [9.17, 15) is 24.3 Å². The lowest BCUT2D eigenvalue weighted by atomic mass is 9.80. The number of ether oxygens (including phenoxy) is 5. The first-order chi connectivity index (χ1) is 15.4. The van der Waals surface area contributed by atoms with E-state index in [0.29, 0.717) is 12.8 Å². The van der Waals surface area contributed by atoms with Crippen LogP contribution in [-0.2, 0) is 42.9 Å². The van der Waals surface area contributed by atoms with Crippen LogP contribution in [0.1, 0.15) is 33.6 Å². The van der Waals surface area contributed by atoms with Crippen LogP contribution in [0.4, 0.5) is 0 Å². The Kier molecular flexibility index (Phi) is 6.93. The van der Waals surface area contributed by atoms with Crippen LogP contribution in [0, 0.1) is 5.92 Å². The quantitative estimate of drug-likeness (QED) is 0.196. The summed E-state index contributed by atoms with van der Waals surface area (Å²) >= 11 is 5.71. The highest BCUT2D eigenvalue weighted by molar-refractivity contribution is 6.20. The molecule has 0 aromatic carbocycles. The molecule has 0 amide bonds. The summed E-state index contributed by atoms with van der Waals surface area (Å²) in [6.07, 6.45) is -2.09. The first-order valence-electron chi connectivity index (χ1n) is 10.4. The smallest absolute Gasteiger partial charge is 0.339 e. The van der Waals surface area contributed by atoms with Crippen LogP contribution in [0.2, 0.25) is 0 Å². The van der Waals surface area contributed by atoms with Crippen molar-refractivity contribution in [2.75, 3.05) is 13.0 Å². The summed E-state index contributed by atoms with van der Waals surface area (Å²) in [4.78, 5) is 50.0. The van der Waals surface area contributed by atoms with Gasteiger partial charge in [0.05, 0.1) is 30.1 Å². The van der Waals surface area contributed by atoms with Crippen LogP contribution in [0.5, 0.6) is 0 Å². The fourth-order valence-corrected chi connectivity index (χ4v) is 4.29. The Hall–Kier alpha value is -2.43. The summed E-state index contributed by atoms with van der Waals surface area (Å²) in [7, 11) is 1.15. The van der Waals surface area contributed by atoms with Crippen LogP contribution in [0.25, 0.3) is 0 Å². The molecule has 1 aliphatic carbocycles. The van der Waals surface area contributed by atoms with Gasteiger partial charge in [-0.25, -0.2) is 14.4 Å². The zero-order valence-corrected chi connectivity index (χ0v) is 19.5. The summed E-state index contributed by atoms with van der Waals surface area (Å²) in [5.74, 6) is -5.03. The number of hydrogen-bond donors (Lipinski definition) is 1. The maximum absolute atomic E-state index is 12.8. The summed E-state index contributed by atoms with van der Waals surface area (Å²) in [6.45, 7) is 7.87. The molecule has 0 radical (unpaired) electrons. The van der Waals surface area contributed by atoms with Gasteiger partial charge in [0.15, 0.2) is 17.8 Å². The topological polar surface area (TPSA) is 138 Å². The molecule has 2 aliphatic heterocycles. The molecular formula is C22H27ClO10. The largest absolute Gasteiger partial charge is 0.466 e. The molecule has 1 N–H and O–H groups in total. The molecule has 3 rings (SSSR count). The van der Waals surface area contributed by atoms with Gasteiger partial charge in [0.25, 0.3) is 0 Å². The van der Waals surface area contributed by atoms with E-state index >= 15 is 0 Å². The second kappa shape index (κ2) is 9.08. The molecule has 10 nitrogen and oxygen atoms in total. The number of alkyl halides is 1. The van der Waals surface area contributed by atoms with Crippen LogP contribution < -0.4 is 0 Å². The van der Waals surface area contributed by atoms with Crippen LogP contribution in [0.15, 0.2) is 23.8 Å². The Morgan fingerprint density at radius 1 is 1.36 bits per heavy atom. The Bertz CT molecular complexity index is 909. The van der Waals surface area contributed by atoms with E-state index in [-0.39, 0.29) is 11.1 Å². The summed E-state index contributed by atoms with van der Waals surface area (Å²) in [6, 6.07) is 0. The predicted molar refractivity (Wildman–Crippen MR) is 112 cm³/mol. The Balaban J connectivity index is 2.17. The molecule has 7 atom stereocenters. The van der Waals surface area contributed by atoms with E-state index in [1.807, 2.05) is 6.92 Å². The van der Waals surface area contributed by atoms with Gasteiger partial charge in [-0.3, -0.25) is 4.79 Å². The highest BCUT2D eigenvalue weighted by Gasteiger charge is 2.65. The highest BCUT2D eigenvalue weighted by Crippen LogP contribution is 2.50. The second-order valence-electron chi connectivity index (χ2n) is 8.77. The maximum atomic E-state index is 12.8. The van der Waals surface area contributed by atoms with Gasteiger partial charge in [-0.1, -0.05) is 12.7 Å². The fourth-order valence-electron chi connectivity index (χ4n) is 4.18. The Morgan fingerprint density at radius 3 is 2.61 bits per heavy atom. The van der Waals surface area contributed by atoms with E-state index in [1.165, 1.54) is 6.08 Å². The van der Waals surface area contributed by atoms with Gasteiger partial charge in [0.1, 0.15) is 12.2 Å². The van der Waals surface area contributed by atoms with Crippen molar-refractivity contribution in [2.45, 2.75) is 69.2 Å². The molecule has 2 saturated heterocycles. The lowest BCUT2D eigenvalue weighted by Crippen LogP contribution is -2.51. The molecule has 3 aliphatic rings. The van der Waals surface area contributed by atoms with E-state index in [1.54, 1.807) is 0 Å². The van der Waals surface area contributed by atoms with Crippen molar-refractivity contribution >= 4 is 35.5 Å². The first kappa shape index (κ1) is 25.2. The van der Waals surface area contributed by atoms with Crippen LogP contribution in [0.3, 0.4) is 0 Å². The van der Waals surface area contributed by atoms with Gasteiger partial charge in [-0.15, -0.1) is 11.6 Å². The highest BCUT2D eigenvalue weighted by atomic mass is 35.5. The normalized spacial score (nSPS) is 36.7. The van der Waals surface area contributed by atoms with Crippen molar-refractivity contribution in [3.8, 4) is 0 Å². The summed E-state index contributed by atoms with van der Waals surface area (Å²) < 4.78 is 27.3. The number of aliphatic hydroxyl groups is 1. The molecule has 11 heteroatoms. The number of rotatable bonds is 5. The third-order valence-electron chi connectivity index (χ3n) is 6.12. The van der Waals surface area contributed by atoms with E-state index in [2.05, 4.69) is 6.58 Å². The molecule has 0 aromatic heterocycles. The number of methoxy groups -OCH3 is 1. The average Bonchev–Trinajstić information content (AvgIpc) is 3.34. The maximum Gasteiger partial charge on any atom is 0.339 e. The monoisotopic (exact) mass is 486 g/mol. The van der Waals surface area contributed by atoms with Crippen LogP contribution in [-0.4, -0.2) is 77.6 Å². The minimum Gasteiger partial charge on any atom is -0.466 e. The first-order valence-corrected chi connectivity index (χ1v) is 10.9. The van der Waals surface area contributed by atoms with Crippen LogP contribution >= 0.6 is 11.6 Å². The van der Waals surface area contributed by atoms with Gasteiger partial charge >= 0.3 is 23.9 Å². The van der Waals surface area contributed by atoms with E-state index < -0.39 is 71.3 Å². The average molecular weight is 487 g/mol. The SMILES string of the molecule is C=C1C(=O)O[C@H]2[C@H]1[C@@H](OC(=O)[C@](C)(O)CCl)[C@@H](OC(C)=O)/C(C(=O)OC)=C\CC[C@@]1(C)O[C@H]21. The second-order valence-corrected chi connectivity index (χ2v) is 9.04. The van der Waals surface area contributed by atoms with Gasteiger partial charge < -0.3 is 28.8 Å². The van der Waals surface area contributed by atoms with Gasteiger partial charge in [0.2, 0.25) is 0 Å². The van der Waals surface area contributed by atoms with Crippen molar-refractivity contribution in [3.63, 3.8) is 0 Å². The number of esters is 4. The molecule has 2 heterocycles. The predicted octanol–water partition coefficient (Wildman–Crippen LogP) is 0.968. The number of carbonyl (C=O) groups excluding carboxylic acids is 4. The number of allylic oxidation sites excluding steroid dienone is 1. The Labute approximate surface area is 195 Å². The number of fused-ring (bicyclic) bond motifs is 3. The Morgan fingerprint density at radius 2 is 2.03 bits per heavy atom. The van der Waals surface area contributed by atoms with Crippen molar-refractivity contribution in [3.05, 3.63) is 23.8 Å². The zero-order valence-electron chi connectivity index (χ0n) is 18.8. The number of carbonyl (C=O) groups is 4. The number of hydrogen-bond acceptors (Lipinski definition) is 10. The van der Waals surface area contributed by atoms with Gasteiger partial charge in [-0.2, -0.15) is 0 Å². The lowest BCUT2D eigenvalue weighted by Gasteiger charge is -2.35. The minimum atomic E-state index is -2.10. The number of halogens is 1. The van der Waals surface area contributed by atoms with E-state index in [4.69, 9.17) is 35.3 Å². The molecule has 182 valence electrons.